The predicted molar refractivity (Wildman–Crippen MR) is 104 cm³/mol. The van der Waals surface area contributed by atoms with Gasteiger partial charge in [0.05, 0.1) is 24.1 Å². The van der Waals surface area contributed by atoms with E-state index in [1.54, 1.807) is 0 Å². The topological polar surface area (TPSA) is 60.9 Å². The molecule has 3 amide bonds. The van der Waals surface area contributed by atoms with Gasteiger partial charge in [-0.3, -0.25) is 19.3 Å². The van der Waals surface area contributed by atoms with Crippen LogP contribution in [0.2, 0.25) is 0 Å². The van der Waals surface area contributed by atoms with E-state index in [4.69, 9.17) is 0 Å². The van der Waals surface area contributed by atoms with Crippen LogP contribution in [-0.2, 0) is 14.4 Å². The number of hydrogen-bond acceptors (Lipinski definition) is 4. The minimum Gasteiger partial charge on any atom is -0.343 e. The molecule has 2 aliphatic heterocycles. The third-order valence-electron chi connectivity index (χ3n) is 5.73. The van der Waals surface area contributed by atoms with E-state index < -0.39 is 6.04 Å². The Labute approximate surface area is 161 Å². The maximum Gasteiger partial charge on any atom is 0.251 e. The Morgan fingerprint density at radius 2 is 1.81 bits per heavy atom. The van der Waals surface area contributed by atoms with Crippen molar-refractivity contribution in [2.24, 2.45) is 5.92 Å². The number of anilines is 1. The Morgan fingerprint density at radius 1 is 1.15 bits per heavy atom. The van der Waals surface area contributed by atoms with Crippen molar-refractivity contribution >= 4 is 23.4 Å². The Balaban J connectivity index is 1.72. The van der Waals surface area contributed by atoms with Gasteiger partial charge in [0.2, 0.25) is 11.8 Å². The maximum absolute atomic E-state index is 13.0. The molecule has 2 fully saturated rings. The number of rotatable bonds is 5. The minimum atomic E-state index is -0.453. The normalized spacial score (nSPS) is 23.7. The SMILES string of the molecule is CCN(CC)C(=O)C1CCCN(C2CC(=O)N(c3ccc(C)cc3)C2=O)C1. The number of carbonyl (C=O) groups excluding carboxylic acids is 3. The van der Waals surface area contributed by atoms with Crippen molar-refractivity contribution in [2.45, 2.75) is 46.1 Å². The first kappa shape index (κ1) is 19.5. The van der Waals surface area contributed by atoms with Crippen LogP contribution in [0.15, 0.2) is 24.3 Å². The Kier molecular flexibility index (Phi) is 5.95. The molecule has 0 radical (unpaired) electrons. The average molecular weight is 371 g/mol. The second-order valence-electron chi connectivity index (χ2n) is 7.47. The van der Waals surface area contributed by atoms with Crippen molar-refractivity contribution in [1.82, 2.24) is 9.80 Å². The van der Waals surface area contributed by atoms with Gasteiger partial charge in [0.25, 0.3) is 5.91 Å². The highest BCUT2D eigenvalue weighted by Crippen LogP contribution is 2.29. The number of aryl methyl sites for hydroxylation is 1. The first-order valence-corrected chi connectivity index (χ1v) is 9.92. The molecule has 146 valence electrons. The largest absolute Gasteiger partial charge is 0.343 e. The smallest absolute Gasteiger partial charge is 0.251 e. The van der Waals surface area contributed by atoms with E-state index in [1.807, 2.05) is 54.8 Å². The number of imide groups is 1. The molecule has 3 rings (SSSR count). The molecule has 27 heavy (non-hydrogen) atoms. The Bertz CT molecular complexity index is 712. The molecule has 0 N–H and O–H groups in total. The summed E-state index contributed by atoms with van der Waals surface area (Å²) >= 11 is 0. The molecular formula is C21H29N3O3. The van der Waals surface area contributed by atoms with Crippen molar-refractivity contribution in [3.05, 3.63) is 29.8 Å². The van der Waals surface area contributed by atoms with Crippen LogP contribution in [-0.4, -0.2) is 59.7 Å². The first-order chi connectivity index (χ1) is 13.0. The summed E-state index contributed by atoms with van der Waals surface area (Å²) in [6.45, 7) is 8.66. The molecule has 2 heterocycles. The molecule has 2 aliphatic rings. The van der Waals surface area contributed by atoms with Crippen LogP contribution in [0, 0.1) is 12.8 Å². The third kappa shape index (κ3) is 3.90. The number of likely N-dealkylation sites (tertiary alicyclic amines) is 1. The highest BCUT2D eigenvalue weighted by atomic mass is 16.2. The van der Waals surface area contributed by atoms with Crippen LogP contribution >= 0.6 is 0 Å². The lowest BCUT2D eigenvalue weighted by atomic mass is 9.95. The molecule has 2 unspecified atom stereocenters. The second kappa shape index (κ2) is 8.21. The second-order valence-corrected chi connectivity index (χ2v) is 7.47. The maximum atomic E-state index is 13.0. The van der Waals surface area contributed by atoms with Gasteiger partial charge in [-0.05, 0) is 52.3 Å². The highest BCUT2D eigenvalue weighted by molar-refractivity contribution is 6.22. The van der Waals surface area contributed by atoms with E-state index in [2.05, 4.69) is 0 Å². The van der Waals surface area contributed by atoms with Gasteiger partial charge in [-0.15, -0.1) is 0 Å². The van der Waals surface area contributed by atoms with E-state index in [0.29, 0.717) is 25.3 Å². The van der Waals surface area contributed by atoms with Crippen LogP contribution < -0.4 is 4.90 Å². The molecule has 6 heteroatoms. The van der Waals surface area contributed by atoms with Crippen molar-refractivity contribution in [3.8, 4) is 0 Å². The van der Waals surface area contributed by atoms with Gasteiger partial charge in [0.15, 0.2) is 0 Å². The lowest BCUT2D eigenvalue weighted by Gasteiger charge is -2.36. The van der Waals surface area contributed by atoms with E-state index in [0.717, 1.165) is 24.9 Å². The van der Waals surface area contributed by atoms with Crippen LogP contribution in [0.4, 0.5) is 5.69 Å². The van der Waals surface area contributed by atoms with E-state index >= 15 is 0 Å². The van der Waals surface area contributed by atoms with E-state index in [1.165, 1.54) is 4.90 Å². The summed E-state index contributed by atoms with van der Waals surface area (Å²) in [5.41, 5.74) is 1.72. The van der Waals surface area contributed by atoms with Gasteiger partial charge < -0.3 is 4.90 Å². The van der Waals surface area contributed by atoms with Crippen molar-refractivity contribution in [1.29, 1.82) is 0 Å². The summed E-state index contributed by atoms with van der Waals surface area (Å²) in [5.74, 6) is -0.252. The zero-order chi connectivity index (χ0) is 19.6. The molecule has 6 nitrogen and oxygen atoms in total. The number of benzene rings is 1. The highest BCUT2D eigenvalue weighted by Gasteiger charge is 2.44. The fourth-order valence-electron chi connectivity index (χ4n) is 4.15. The Hall–Kier alpha value is -2.21. The molecule has 1 aromatic carbocycles. The van der Waals surface area contributed by atoms with Crippen molar-refractivity contribution < 1.29 is 14.4 Å². The number of hydrogen-bond donors (Lipinski definition) is 0. The van der Waals surface area contributed by atoms with Gasteiger partial charge in [-0.2, -0.15) is 0 Å². The summed E-state index contributed by atoms with van der Waals surface area (Å²) in [7, 11) is 0. The molecule has 0 saturated carbocycles. The Morgan fingerprint density at radius 3 is 2.44 bits per heavy atom. The van der Waals surface area contributed by atoms with Gasteiger partial charge >= 0.3 is 0 Å². The van der Waals surface area contributed by atoms with E-state index in [9.17, 15) is 14.4 Å². The number of nitrogens with zero attached hydrogens (tertiary/aromatic N) is 3. The monoisotopic (exact) mass is 371 g/mol. The van der Waals surface area contributed by atoms with Crippen molar-refractivity contribution in [2.75, 3.05) is 31.1 Å². The van der Waals surface area contributed by atoms with Gasteiger partial charge in [-0.25, -0.2) is 4.90 Å². The first-order valence-electron chi connectivity index (χ1n) is 9.92. The quantitative estimate of drug-likeness (QED) is 0.745. The summed E-state index contributed by atoms with van der Waals surface area (Å²) in [6.07, 6.45) is 1.92. The summed E-state index contributed by atoms with van der Waals surface area (Å²) in [5, 5.41) is 0. The predicted octanol–water partition coefficient (Wildman–Crippen LogP) is 2.21. The standard InChI is InChI=1S/C21H29N3O3/c1-4-22(5-2)20(26)16-7-6-12-23(14-16)18-13-19(25)24(21(18)27)17-10-8-15(3)9-11-17/h8-11,16,18H,4-7,12-14H2,1-3H3. The lowest BCUT2D eigenvalue weighted by molar-refractivity contribution is -0.138. The van der Waals surface area contributed by atoms with Crippen LogP contribution in [0.5, 0.6) is 0 Å². The van der Waals surface area contributed by atoms with Gasteiger partial charge in [0, 0.05) is 19.6 Å². The number of amides is 3. The molecule has 1 aromatic rings. The van der Waals surface area contributed by atoms with Gasteiger partial charge in [-0.1, -0.05) is 17.7 Å². The molecule has 0 aliphatic carbocycles. The molecule has 0 aromatic heterocycles. The number of carbonyl (C=O) groups is 3. The zero-order valence-electron chi connectivity index (χ0n) is 16.5. The fraction of sp³-hybridized carbons (Fsp3) is 0.571. The van der Waals surface area contributed by atoms with Crippen LogP contribution in [0.25, 0.3) is 0 Å². The van der Waals surface area contributed by atoms with Crippen molar-refractivity contribution in [3.63, 3.8) is 0 Å². The van der Waals surface area contributed by atoms with E-state index in [-0.39, 0.29) is 30.1 Å². The molecule has 2 atom stereocenters. The zero-order valence-corrected chi connectivity index (χ0v) is 16.5. The molecular weight excluding hydrogens is 342 g/mol. The average Bonchev–Trinajstić information content (AvgIpc) is 2.98. The molecule has 0 bridgehead atoms. The molecule has 2 saturated heterocycles. The van der Waals surface area contributed by atoms with Crippen LogP contribution in [0.3, 0.4) is 0 Å². The molecule has 0 spiro atoms. The summed E-state index contributed by atoms with van der Waals surface area (Å²) in [6, 6.07) is 6.99. The van der Waals surface area contributed by atoms with Crippen LogP contribution in [0.1, 0.15) is 38.7 Å². The minimum absolute atomic E-state index is 0.0880. The third-order valence-corrected chi connectivity index (χ3v) is 5.73. The van der Waals surface area contributed by atoms with Gasteiger partial charge in [0.1, 0.15) is 0 Å². The lowest BCUT2D eigenvalue weighted by Crippen LogP contribution is -2.50. The number of piperidine rings is 1. The fourth-order valence-corrected chi connectivity index (χ4v) is 4.15. The summed E-state index contributed by atoms with van der Waals surface area (Å²) in [4.78, 5) is 43.5. The summed E-state index contributed by atoms with van der Waals surface area (Å²) < 4.78 is 0.